The van der Waals surface area contributed by atoms with Crippen molar-refractivity contribution in [3.63, 3.8) is 0 Å². The molecule has 0 saturated carbocycles. The number of carbonyl (C=O) groups excluding carboxylic acids is 2. The van der Waals surface area contributed by atoms with Gasteiger partial charge in [-0.05, 0) is 50.6 Å². The molecule has 2 aromatic carbocycles. The molecule has 5 rings (SSSR count). The molecule has 2 aliphatic heterocycles. The van der Waals surface area contributed by atoms with E-state index >= 15 is 0 Å². The number of amides is 2. The Morgan fingerprint density at radius 2 is 1.88 bits per heavy atom. The standard InChI is InChI=1S/C32H42N4O4/c1-21-17-36(22(2)19-37)32(39)30-29(25-13-8-9-14-26(25)35(30)5)24-12-7-6-11-23(24)20-40-28(21)18-34(4)31(38)27-15-10-16-33(27)3/h6-9,11-14,21-22,27-28,37H,10,15-20H2,1-5H3/t21-,22-,27-,28-/m0/s1. The van der Waals surface area contributed by atoms with E-state index in [0.717, 1.165) is 47.0 Å². The molecule has 8 nitrogen and oxygen atoms in total. The maximum atomic E-state index is 14.4. The van der Waals surface area contributed by atoms with Crippen LogP contribution < -0.4 is 0 Å². The number of carbonyl (C=O) groups is 2. The van der Waals surface area contributed by atoms with E-state index in [1.165, 1.54) is 0 Å². The molecule has 1 fully saturated rings. The van der Waals surface area contributed by atoms with E-state index in [4.69, 9.17) is 4.74 Å². The first kappa shape index (κ1) is 28.3. The largest absolute Gasteiger partial charge is 0.394 e. The Labute approximate surface area is 237 Å². The van der Waals surface area contributed by atoms with Crippen LogP contribution in [0.2, 0.25) is 0 Å². The molecule has 2 amide bonds. The van der Waals surface area contributed by atoms with E-state index in [0.29, 0.717) is 25.4 Å². The molecule has 40 heavy (non-hydrogen) atoms. The monoisotopic (exact) mass is 546 g/mol. The second kappa shape index (κ2) is 11.7. The van der Waals surface area contributed by atoms with Gasteiger partial charge in [-0.15, -0.1) is 0 Å². The molecule has 0 radical (unpaired) electrons. The van der Waals surface area contributed by atoms with E-state index in [-0.39, 0.29) is 42.5 Å². The number of benzene rings is 2. The van der Waals surface area contributed by atoms with E-state index in [1.807, 2.05) is 63.0 Å². The summed E-state index contributed by atoms with van der Waals surface area (Å²) in [7, 11) is 5.80. The van der Waals surface area contributed by atoms with E-state index in [9.17, 15) is 14.7 Å². The summed E-state index contributed by atoms with van der Waals surface area (Å²) in [6, 6.07) is 15.7. The lowest BCUT2D eigenvalue weighted by molar-refractivity contribution is -0.137. The third kappa shape index (κ3) is 5.16. The van der Waals surface area contributed by atoms with Crippen molar-refractivity contribution in [2.45, 2.75) is 51.5 Å². The maximum Gasteiger partial charge on any atom is 0.271 e. The lowest BCUT2D eigenvalue weighted by Gasteiger charge is -2.35. The van der Waals surface area contributed by atoms with Gasteiger partial charge in [0.05, 0.1) is 31.4 Å². The zero-order valence-electron chi connectivity index (χ0n) is 24.3. The highest BCUT2D eigenvalue weighted by molar-refractivity contribution is 6.10. The first-order valence-corrected chi connectivity index (χ1v) is 14.4. The summed E-state index contributed by atoms with van der Waals surface area (Å²) in [5.74, 6) is -0.0893. The van der Waals surface area contributed by atoms with Crippen LogP contribution in [0.4, 0.5) is 0 Å². The summed E-state index contributed by atoms with van der Waals surface area (Å²) in [5, 5.41) is 11.2. The number of hydrogen-bond donors (Lipinski definition) is 1. The van der Waals surface area contributed by atoms with Gasteiger partial charge >= 0.3 is 0 Å². The molecule has 0 aliphatic carbocycles. The zero-order chi connectivity index (χ0) is 28.6. The lowest BCUT2D eigenvalue weighted by Crippen LogP contribution is -2.49. The molecule has 214 valence electrons. The molecular weight excluding hydrogens is 504 g/mol. The van der Waals surface area contributed by atoms with Crippen molar-refractivity contribution in [2.24, 2.45) is 13.0 Å². The van der Waals surface area contributed by atoms with Gasteiger partial charge in [0.25, 0.3) is 5.91 Å². The summed E-state index contributed by atoms with van der Waals surface area (Å²) in [4.78, 5) is 33.5. The number of fused-ring (bicyclic) bond motifs is 5. The maximum absolute atomic E-state index is 14.4. The predicted octanol–water partition coefficient (Wildman–Crippen LogP) is 3.76. The number of rotatable bonds is 5. The zero-order valence-corrected chi connectivity index (χ0v) is 24.3. The van der Waals surface area contributed by atoms with Crippen molar-refractivity contribution < 1.29 is 19.4 Å². The molecule has 0 unspecified atom stereocenters. The number of likely N-dealkylation sites (N-methyl/N-ethyl adjacent to an activating group) is 2. The van der Waals surface area contributed by atoms with Crippen molar-refractivity contribution in [1.29, 1.82) is 0 Å². The molecule has 3 heterocycles. The minimum Gasteiger partial charge on any atom is -0.394 e. The van der Waals surface area contributed by atoms with E-state index in [1.54, 1.807) is 9.80 Å². The van der Waals surface area contributed by atoms with Crippen LogP contribution in [0, 0.1) is 5.92 Å². The number of aromatic nitrogens is 1. The lowest BCUT2D eigenvalue weighted by atomic mass is 9.96. The van der Waals surface area contributed by atoms with Crippen LogP contribution in [0.3, 0.4) is 0 Å². The molecular formula is C32H42N4O4. The van der Waals surface area contributed by atoms with Gasteiger partial charge < -0.3 is 24.2 Å². The minimum atomic E-state index is -0.385. The van der Waals surface area contributed by atoms with E-state index in [2.05, 4.69) is 30.0 Å². The van der Waals surface area contributed by atoms with Crippen LogP contribution >= 0.6 is 0 Å². The highest BCUT2D eigenvalue weighted by atomic mass is 16.5. The van der Waals surface area contributed by atoms with Crippen LogP contribution in [0.5, 0.6) is 0 Å². The number of likely N-dealkylation sites (tertiary alicyclic amines) is 1. The Kier molecular flexibility index (Phi) is 8.31. The van der Waals surface area contributed by atoms with Crippen molar-refractivity contribution in [2.75, 3.05) is 40.3 Å². The number of ether oxygens (including phenoxy) is 1. The number of aliphatic hydroxyl groups is 1. The average molecular weight is 547 g/mol. The second-order valence-electron chi connectivity index (χ2n) is 11.6. The van der Waals surface area contributed by atoms with Crippen molar-refractivity contribution in [3.05, 3.63) is 59.8 Å². The molecule has 3 aromatic rings. The van der Waals surface area contributed by atoms with Crippen molar-refractivity contribution >= 4 is 22.7 Å². The fourth-order valence-electron chi connectivity index (χ4n) is 6.36. The van der Waals surface area contributed by atoms with Crippen molar-refractivity contribution in [1.82, 2.24) is 19.3 Å². The summed E-state index contributed by atoms with van der Waals surface area (Å²) >= 11 is 0. The van der Waals surface area contributed by atoms with Gasteiger partial charge in [0.2, 0.25) is 5.91 Å². The smallest absolute Gasteiger partial charge is 0.271 e. The second-order valence-corrected chi connectivity index (χ2v) is 11.6. The topological polar surface area (TPSA) is 78.2 Å². The van der Waals surface area contributed by atoms with Crippen molar-refractivity contribution in [3.8, 4) is 11.1 Å². The number of nitrogens with zero attached hydrogens (tertiary/aromatic N) is 4. The fraction of sp³-hybridized carbons (Fsp3) is 0.500. The van der Waals surface area contributed by atoms with E-state index < -0.39 is 0 Å². The molecule has 1 N–H and O–H groups in total. The molecule has 1 saturated heterocycles. The number of hydrogen-bond acceptors (Lipinski definition) is 5. The van der Waals surface area contributed by atoms with Gasteiger partial charge in [0.1, 0.15) is 5.69 Å². The fourth-order valence-corrected chi connectivity index (χ4v) is 6.36. The minimum absolute atomic E-state index is 0.0853. The SMILES string of the molecule is C[C@H]1CN([C@@H](C)CO)C(=O)c2c(c3ccccc3n2C)-c2ccccc2CO[C@H]1CN(C)C(=O)[C@@H]1CCCN1C. The van der Waals surface area contributed by atoms with Crippen LogP contribution in [0.25, 0.3) is 22.0 Å². The molecule has 1 aromatic heterocycles. The van der Waals surface area contributed by atoms with Gasteiger partial charge in [0.15, 0.2) is 0 Å². The van der Waals surface area contributed by atoms with Gasteiger partial charge in [-0.2, -0.15) is 0 Å². The molecule has 0 spiro atoms. The Balaban J connectivity index is 1.58. The van der Waals surface area contributed by atoms with Crippen LogP contribution in [0.15, 0.2) is 48.5 Å². The molecule has 0 bridgehead atoms. The summed E-state index contributed by atoms with van der Waals surface area (Å²) < 4.78 is 8.62. The highest BCUT2D eigenvalue weighted by Crippen LogP contribution is 2.38. The first-order valence-electron chi connectivity index (χ1n) is 14.4. The molecule has 4 atom stereocenters. The summed E-state index contributed by atoms with van der Waals surface area (Å²) in [6.45, 7) is 5.92. The first-order chi connectivity index (χ1) is 19.2. The van der Waals surface area contributed by atoms with Gasteiger partial charge in [0, 0.05) is 49.6 Å². The third-order valence-corrected chi connectivity index (χ3v) is 8.86. The molecule has 2 aliphatic rings. The molecule has 8 heteroatoms. The highest BCUT2D eigenvalue weighted by Gasteiger charge is 2.35. The number of aryl methyl sites for hydroxylation is 1. The third-order valence-electron chi connectivity index (χ3n) is 8.86. The average Bonchev–Trinajstić information content (AvgIpc) is 3.52. The summed E-state index contributed by atoms with van der Waals surface area (Å²) in [5.41, 5.74) is 4.44. The number of aliphatic hydroxyl groups excluding tert-OH is 1. The Hall–Kier alpha value is -3.20. The van der Waals surface area contributed by atoms with Gasteiger partial charge in [-0.1, -0.05) is 49.4 Å². The van der Waals surface area contributed by atoms with Crippen LogP contribution in [0.1, 0.15) is 42.7 Å². The normalized spacial score (nSPS) is 23.0. The Morgan fingerprint density at radius 3 is 2.60 bits per heavy atom. The van der Waals surface area contributed by atoms with Crippen LogP contribution in [-0.2, 0) is 23.2 Å². The quantitative estimate of drug-likeness (QED) is 0.528. The predicted molar refractivity (Wildman–Crippen MR) is 157 cm³/mol. The Morgan fingerprint density at radius 1 is 1.15 bits per heavy atom. The Bertz CT molecular complexity index is 1380. The van der Waals surface area contributed by atoms with Gasteiger partial charge in [-0.3, -0.25) is 14.5 Å². The van der Waals surface area contributed by atoms with Crippen LogP contribution in [-0.4, -0.2) is 94.7 Å². The number of para-hydroxylation sites is 1. The van der Waals surface area contributed by atoms with Gasteiger partial charge in [-0.25, -0.2) is 0 Å². The summed E-state index contributed by atoms with van der Waals surface area (Å²) in [6.07, 6.45) is 1.60.